The van der Waals surface area contributed by atoms with Crippen LogP contribution in [-0.2, 0) is 5.41 Å². The van der Waals surface area contributed by atoms with Gasteiger partial charge < -0.3 is 5.11 Å². The molecule has 1 saturated carbocycles. The molecule has 1 aromatic carbocycles. The van der Waals surface area contributed by atoms with E-state index in [1.165, 1.54) is 11.0 Å². The molecule has 0 aromatic heterocycles. The molecule has 0 unspecified atom stereocenters. The second-order valence-corrected chi connectivity index (χ2v) is 3.80. The van der Waals surface area contributed by atoms with Crippen molar-refractivity contribution in [2.75, 3.05) is 6.61 Å². The summed E-state index contributed by atoms with van der Waals surface area (Å²) >= 11 is 0. The minimum atomic E-state index is 0.133. The Bertz CT molecular complexity index is 274. The second-order valence-electron chi connectivity index (χ2n) is 3.80. The third-order valence-electron chi connectivity index (χ3n) is 2.82. The molecular weight excluding hydrogens is 147 g/mol. The van der Waals surface area contributed by atoms with Crippen LogP contribution in [0.15, 0.2) is 24.3 Å². The summed E-state index contributed by atoms with van der Waals surface area (Å²) in [4.78, 5) is 0. The van der Waals surface area contributed by atoms with Gasteiger partial charge in [-0.05, 0) is 18.4 Å². The van der Waals surface area contributed by atoms with Crippen LogP contribution in [-0.4, -0.2) is 19.6 Å². The number of hydrogen-bond acceptors (Lipinski definition) is 1. The highest BCUT2D eigenvalue weighted by Gasteiger charge is 2.43. The van der Waals surface area contributed by atoms with Crippen LogP contribution in [0.4, 0.5) is 0 Å². The van der Waals surface area contributed by atoms with Crippen LogP contribution in [0.3, 0.4) is 0 Å². The summed E-state index contributed by atoms with van der Waals surface area (Å²) in [6, 6.07) is 8.51. The maximum Gasteiger partial charge on any atom is 0.139 e. The molecule has 1 fully saturated rings. The molecule has 1 aromatic rings. The van der Waals surface area contributed by atoms with E-state index in [9.17, 15) is 5.11 Å². The first kappa shape index (κ1) is 7.87. The number of benzene rings is 1. The highest BCUT2D eigenvalue weighted by atomic mass is 16.3. The Balaban J connectivity index is 2.29. The molecule has 1 N–H and O–H groups in total. The molecule has 0 heterocycles. The van der Waals surface area contributed by atoms with Crippen molar-refractivity contribution >= 4 is 13.3 Å². The van der Waals surface area contributed by atoms with E-state index in [1.54, 1.807) is 0 Å². The number of aliphatic hydroxyl groups is 1. The van der Waals surface area contributed by atoms with Crippen LogP contribution < -0.4 is 5.46 Å². The third-order valence-corrected chi connectivity index (χ3v) is 2.82. The summed E-state index contributed by atoms with van der Waals surface area (Å²) in [7, 11) is 2.09. The molecule has 0 radical (unpaired) electrons. The Morgan fingerprint density at radius 1 is 1.25 bits per heavy atom. The molecule has 1 nitrogen and oxygen atoms in total. The van der Waals surface area contributed by atoms with Gasteiger partial charge in [0, 0.05) is 5.41 Å². The lowest BCUT2D eigenvalue weighted by Crippen LogP contribution is -2.13. The lowest BCUT2D eigenvalue weighted by Gasteiger charge is -2.11. The first-order valence-electron chi connectivity index (χ1n) is 4.45. The Hall–Kier alpha value is -0.755. The van der Waals surface area contributed by atoms with Crippen LogP contribution in [0.1, 0.15) is 18.4 Å². The monoisotopic (exact) mass is 160 g/mol. The SMILES string of the molecule is Bc1ccc(C2(CO)CC2)cc1. The second kappa shape index (κ2) is 2.63. The van der Waals surface area contributed by atoms with Crippen LogP contribution in [0, 0.1) is 0 Å². The molecule has 62 valence electrons. The van der Waals surface area contributed by atoms with Crippen molar-refractivity contribution < 1.29 is 5.11 Å². The van der Waals surface area contributed by atoms with Crippen molar-refractivity contribution in [2.24, 2.45) is 0 Å². The number of hydrogen-bond donors (Lipinski definition) is 1. The van der Waals surface area contributed by atoms with Crippen molar-refractivity contribution in [3.63, 3.8) is 0 Å². The van der Waals surface area contributed by atoms with E-state index in [2.05, 4.69) is 32.1 Å². The van der Waals surface area contributed by atoms with Gasteiger partial charge in [-0.15, -0.1) is 0 Å². The average molecular weight is 160 g/mol. The van der Waals surface area contributed by atoms with E-state index in [0.717, 1.165) is 12.8 Å². The van der Waals surface area contributed by atoms with E-state index in [-0.39, 0.29) is 5.41 Å². The summed E-state index contributed by atoms with van der Waals surface area (Å²) in [5.74, 6) is 0. The Morgan fingerprint density at radius 3 is 2.25 bits per heavy atom. The van der Waals surface area contributed by atoms with Gasteiger partial charge in [0.2, 0.25) is 0 Å². The fourth-order valence-electron chi connectivity index (χ4n) is 1.60. The van der Waals surface area contributed by atoms with E-state index in [0.29, 0.717) is 6.61 Å². The van der Waals surface area contributed by atoms with Crippen LogP contribution in [0.2, 0.25) is 0 Å². The van der Waals surface area contributed by atoms with Crippen LogP contribution in [0.25, 0.3) is 0 Å². The summed E-state index contributed by atoms with van der Waals surface area (Å²) in [6.45, 7) is 0.302. The summed E-state index contributed by atoms with van der Waals surface area (Å²) in [5.41, 5.74) is 2.72. The van der Waals surface area contributed by atoms with Gasteiger partial charge in [-0.1, -0.05) is 29.7 Å². The largest absolute Gasteiger partial charge is 0.395 e. The molecule has 0 aliphatic heterocycles. The molecule has 12 heavy (non-hydrogen) atoms. The van der Waals surface area contributed by atoms with E-state index in [1.807, 2.05) is 0 Å². The summed E-state index contributed by atoms with van der Waals surface area (Å²) < 4.78 is 0. The molecular formula is C10H13BO. The van der Waals surface area contributed by atoms with E-state index < -0.39 is 0 Å². The molecule has 0 atom stereocenters. The maximum absolute atomic E-state index is 9.18. The molecule has 1 aliphatic carbocycles. The third kappa shape index (κ3) is 1.16. The molecule has 2 heteroatoms. The Morgan fingerprint density at radius 2 is 1.83 bits per heavy atom. The predicted octanol–water partition coefficient (Wildman–Crippen LogP) is -0.0311. The van der Waals surface area contributed by atoms with E-state index >= 15 is 0 Å². The van der Waals surface area contributed by atoms with Gasteiger partial charge >= 0.3 is 0 Å². The quantitative estimate of drug-likeness (QED) is 0.602. The standard InChI is InChI=1S/C10H13BO/c11-9-3-1-8(2-4-9)10(7-12)5-6-10/h1-4,12H,5-7,11H2. The molecule has 0 amide bonds. The molecule has 0 saturated heterocycles. The van der Waals surface area contributed by atoms with Gasteiger partial charge in [0.15, 0.2) is 0 Å². The number of aliphatic hydroxyl groups excluding tert-OH is 1. The van der Waals surface area contributed by atoms with Gasteiger partial charge in [-0.2, -0.15) is 0 Å². The summed E-state index contributed by atoms with van der Waals surface area (Å²) in [5, 5.41) is 9.18. The minimum Gasteiger partial charge on any atom is -0.395 e. The Labute approximate surface area is 73.8 Å². The lowest BCUT2D eigenvalue weighted by atomic mass is 9.90. The predicted molar refractivity (Wildman–Crippen MR) is 52.6 cm³/mol. The van der Waals surface area contributed by atoms with Gasteiger partial charge in [0.05, 0.1) is 6.61 Å². The average Bonchev–Trinajstić information content (AvgIpc) is 2.86. The zero-order valence-corrected chi connectivity index (χ0v) is 7.38. The summed E-state index contributed by atoms with van der Waals surface area (Å²) in [6.07, 6.45) is 2.29. The van der Waals surface area contributed by atoms with Crippen molar-refractivity contribution in [1.82, 2.24) is 0 Å². The van der Waals surface area contributed by atoms with Crippen molar-refractivity contribution in [3.05, 3.63) is 29.8 Å². The van der Waals surface area contributed by atoms with E-state index in [4.69, 9.17) is 0 Å². The number of rotatable bonds is 2. The van der Waals surface area contributed by atoms with Gasteiger partial charge in [-0.25, -0.2) is 0 Å². The smallest absolute Gasteiger partial charge is 0.139 e. The van der Waals surface area contributed by atoms with Crippen molar-refractivity contribution in [2.45, 2.75) is 18.3 Å². The molecule has 0 spiro atoms. The topological polar surface area (TPSA) is 20.2 Å². The van der Waals surface area contributed by atoms with Gasteiger partial charge in [0.25, 0.3) is 0 Å². The van der Waals surface area contributed by atoms with Crippen molar-refractivity contribution in [1.29, 1.82) is 0 Å². The zero-order chi connectivity index (χ0) is 8.60. The molecule has 0 bridgehead atoms. The first-order valence-corrected chi connectivity index (χ1v) is 4.45. The molecule has 1 aliphatic rings. The van der Waals surface area contributed by atoms with Gasteiger partial charge in [0.1, 0.15) is 7.85 Å². The molecule has 2 rings (SSSR count). The highest BCUT2D eigenvalue weighted by molar-refractivity contribution is 6.32. The van der Waals surface area contributed by atoms with Crippen molar-refractivity contribution in [3.8, 4) is 0 Å². The Kier molecular flexibility index (Phi) is 1.73. The lowest BCUT2D eigenvalue weighted by molar-refractivity contribution is 0.255. The highest BCUT2D eigenvalue weighted by Crippen LogP contribution is 2.47. The first-order chi connectivity index (χ1) is 5.77. The maximum atomic E-state index is 9.18. The zero-order valence-electron chi connectivity index (χ0n) is 7.38. The van der Waals surface area contributed by atoms with Crippen LogP contribution >= 0.6 is 0 Å². The fraction of sp³-hybridized carbons (Fsp3) is 0.400. The normalized spacial score (nSPS) is 19.1. The fourth-order valence-corrected chi connectivity index (χ4v) is 1.60. The minimum absolute atomic E-state index is 0.133. The van der Waals surface area contributed by atoms with Crippen LogP contribution in [0.5, 0.6) is 0 Å². The van der Waals surface area contributed by atoms with Gasteiger partial charge in [-0.3, -0.25) is 0 Å².